The molecule has 0 spiro atoms. The lowest BCUT2D eigenvalue weighted by molar-refractivity contribution is -0.0593. The van der Waals surface area contributed by atoms with Crippen LogP contribution in [0.4, 0.5) is 4.39 Å². The van der Waals surface area contributed by atoms with Crippen molar-refractivity contribution >= 4 is 17.0 Å². The Labute approximate surface area is 247 Å². The summed E-state index contributed by atoms with van der Waals surface area (Å²) in [6.45, 7) is 4.97. The second-order valence-electron chi connectivity index (χ2n) is 10.9. The second kappa shape index (κ2) is 12.3. The lowest BCUT2D eigenvalue weighted by Gasteiger charge is -2.37. The average molecular weight is 587 g/mol. The van der Waals surface area contributed by atoms with Gasteiger partial charge in [-0.15, -0.1) is 0 Å². The number of benzene rings is 2. The molecule has 4 heterocycles. The monoisotopic (exact) mass is 586 g/mol. The van der Waals surface area contributed by atoms with E-state index in [0.717, 1.165) is 55.3 Å². The van der Waals surface area contributed by atoms with Gasteiger partial charge in [-0.05, 0) is 62.6 Å². The van der Waals surface area contributed by atoms with E-state index in [1.54, 1.807) is 30.5 Å². The van der Waals surface area contributed by atoms with E-state index >= 15 is 0 Å². The molecule has 43 heavy (non-hydrogen) atoms. The number of likely N-dealkylation sites (tertiary alicyclic amines) is 1. The largest absolute Gasteiger partial charge is 0.484 e. The Morgan fingerprint density at radius 1 is 1.21 bits per heavy atom. The number of nitriles is 1. The molecule has 2 aromatic carbocycles. The van der Waals surface area contributed by atoms with Gasteiger partial charge in [-0.25, -0.2) is 19.2 Å². The number of aromatic nitrogens is 4. The van der Waals surface area contributed by atoms with Gasteiger partial charge in [-0.1, -0.05) is 0 Å². The van der Waals surface area contributed by atoms with Crippen LogP contribution in [0.1, 0.15) is 53.8 Å². The maximum Gasteiger partial charge on any atom is 0.335 e. The lowest BCUT2D eigenvalue weighted by atomic mass is 10.0. The quantitative estimate of drug-likeness (QED) is 0.286. The summed E-state index contributed by atoms with van der Waals surface area (Å²) in [7, 11) is 0. The topological polar surface area (TPSA) is 136 Å². The summed E-state index contributed by atoms with van der Waals surface area (Å²) in [6.07, 6.45) is 4.20. The van der Waals surface area contributed by atoms with Gasteiger partial charge in [-0.3, -0.25) is 4.90 Å². The number of carbonyl (C=O) groups is 1. The van der Waals surface area contributed by atoms with Gasteiger partial charge in [0.1, 0.15) is 36.2 Å². The zero-order valence-electron chi connectivity index (χ0n) is 23.6. The highest BCUT2D eigenvalue weighted by Gasteiger charge is 2.29. The molecule has 0 bridgehead atoms. The lowest BCUT2D eigenvalue weighted by Crippen LogP contribution is -2.44. The number of hydrogen-bond acceptors (Lipinski definition) is 9. The van der Waals surface area contributed by atoms with Crippen molar-refractivity contribution in [3.05, 3.63) is 77.3 Å². The number of aromatic carboxylic acids is 1. The highest BCUT2D eigenvalue weighted by atomic mass is 19.1. The Morgan fingerprint density at radius 2 is 2.07 bits per heavy atom. The molecule has 2 aromatic heterocycles. The molecule has 0 aliphatic carbocycles. The van der Waals surface area contributed by atoms with Crippen LogP contribution in [0.3, 0.4) is 0 Å². The summed E-state index contributed by atoms with van der Waals surface area (Å²) in [4.78, 5) is 27.6. The first kappa shape index (κ1) is 28.5. The van der Waals surface area contributed by atoms with Crippen molar-refractivity contribution < 1.29 is 28.5 Å². The number of ether oxygens (including phenoxy) is 3. The summed E-state index contributed by atoms with van der Waals surface area (Å²) in [5.41, 5.74) is 1.92. The van der Waals surface area contributed by atoms with E-state index in [-0.39, 0.29) is 41.7 Å². The first-order valence-corrected chi connectivity index (χ1v) is 14.3. The molecule has 0 radical (unpaired) electrons. The molecule has 2 saturated heterocycles. The van der Waals surface area contributed by atoms with Gasteiger partial charge in [0, 0.05) is 31.5 Å². The number of halogens is 1. The zero-order valence-corrected chi connectivity index (χ0v) is 23.6. The van der Waals surface area contributed by atoms with E-state index < -0.39 is 11.8 Å². The maximum absolute atomic E-state index is 13.4. The first-order valence-electron chi connectivity index (χ1n) is 14.3. The Bertz CT molecular complexity index is 1680. The van der Waals surface area contributed by atoms with Crippen molar-refractivity contribution in [3.63, 3.8) is 0 Å². The summed E-state index contributed by atoms with van der Waals surface area (Å²) in [5.74, 6) is 0.506. The molecule has 11 nitrogen and oxygen atoms in total. The van der Waals surface area contributed by atoms with Crippen LogP contribution in [0, 0.1) is 17.1 Å². The van der Waals surface area contributed by atoms with Crippen LogP contribution >= 0.6 is 0 Å². The minimum absolute atomic E-state index is 0.00716. The third-order valence-electron chi connectivity index (χ3n) is 7.95. The number of carboxylic acids is 1. The van der Waals surface area contributed by atoms with E-state index in [0.29, 0.717) is 24.8 Å². The van der Waals surface area contributed by atoms with Crippen LogP contribution in [0.2, 0.25) is 0 Å². The van der Waals surface area contributed by atoms with Crippen molar-refractivity contribution in [3.8, 4) is 17.7 Å². The van der Waals surface area contributed by atoms with Gasteiger partial charge in [-0.2, -0.15) is 10.2 Å². The third kappa shape index (κ3) is 6.43. The SMILES string of the molecule is C[C@H]1CC(Oc2ccnc(COc3ccc(F)cc3C#N)n2)CCN1Cc1nc2ccc(C(=O)O)cc2n1C[C@@H]1CCO1. The minimum Gasteiger partial charge on any atom is -0.484 e. The number of fused-ring (bicyclic) bond motifs is 1. The fraction of sp³-hybridized carbons (Fsp3) is 0.387. The van der Waals surface area contributed by atoms with E-state index in [2.05, 4.69) is 26.4 Å². The van der Waals surface area contributed by atoms with Gasteiger partial charge in [0.15, 0.2) is 5.82 Å². The molecule has 222 valence electrons. The molecule has 6 rings (SSSR count). The number of rotatable bonds is 10. The van der Waals surface area contributed by atoms with Crippen LogP contribution in [0.15, 0.2) is 48.7 Å². The molecule has 2 aliphatic rings. The minimum atomic E-state index is -0.962. The van der Waals surface area contributed by atoms with Crippen molar-refractivity contribution in [1.82, 2.24) is 24.4 Å². The Kier molecular flexibility index (Phi) is 8.18. The van der Waals surface area contributed by atoms with Gasteiger partial charge < -0.3 is 23.9 Å². The van der Waals surface area contributed by atoms with Crippen LogP contribution in [-0.4, -0.2) is 66.9 Å². The van der Waals surface area contributed by atoms with E-state index in [1.165, 1.54) is 12.1 Å². The predicted molar refractivity (Wildman–Crippen MR) is 152 cm³/mol. The predicted octanol–water partition coefficient (Wildman–Crippen LogP) is 4.34. The van der Waals surface area contributed by atoms with E-state index in [9.17, 15) is 19.6 Å². The van der Waals surface area contributed by atoms with Crippen molar-refractivity contribution in [2.24, 2.45) is 0 Å². The standard InChI is InChI=1S/C31H31FN6O5/c1-19-12-23(43-30-6-9-34-28(36-30)18-42-27-5-3-22(32)13-21(27)15-33)7-10-37(19)17-29-35-25-4-2-20(31(39)40)14-26(25)38(29)16-24-8-11-41-24/h2-6,9,13-14,19,23-24H,7-8,10-12,16-18H2,1H3,(H,39,40)/t19-,23?,24-/m0/s1. The fourth-order valence-corrected chi connectivity index (χ4v) is 5.51. The molecule has 1 N–H and O–H groups in total. The third-order valence-corrected chi connectivity index (χ3v) is 7.95. The molecule has 2 aliphatic heterocycles. The molecule has 2 fully saturated rings. The highest BCUT2D eigenvalue weighted by molar-refractivity contribution is 5.92. The van der Waals surface area contributed by atoms with Gasteiger partial charge in [0.2, 0.25) is 5.88 Å². The van der Waals surface area contributed by atoms with Crippen molar-refractivity contribution in [2.75, 3.05) is 13.2 Å². The average Bonchev–Trinajstić information content (AvgIpc) is 3.31. The van der Waals surface area contributed by atoms with Gasteiger partial charge in [0.25, 0.3) is 0 Å². The Morgan fingerprint density at radius 3 is 2.81 bits per heavy atom. The number of nitrogens with zero attached hydrogens (tertiary/aromatic N) is 6. The normalized spacial score (nSPS) is 20.3. The fourth-order valence-electron chi connectivity index (χ4n) is 5.51. The Balaban J connectivity index is 1.09. The van der Waals surface area contributed by atoms with Crippen molar-refractivity contribution in [2.45, 2.75) is 64.1 Å². The number of hydrogen-bond donors (Lipinski definition) is 1. The molecular formula is C31H31FN6O5. The molecular weight excluding hydrogens is 555 g/mol. The van der Waals surface area contributed by atoms with Gasteiger partial charge >= 0.3 is 5.97 Å². The zero-order chi connectivity index (χ0) is 29.9. The summed E-state index contributed by atoms with van der Waals surface area (Å²) < 4.78 is 33.1. The summed E-state index contributed by atoms with van der Waals surface area (Å²) in [6, 6.07) is 12.7. The van der Waals surface area contributed by atoms with Crippen LogP contribution in [0.25, 0.3) is 11.0 Å². The molecule has 1 unspecified atom stereocenters. The second-order valence-corrected chi connectivity index (χ2v) is 10.9. The smallest absolute Gasteiger partial charge is 0.335 e. The van der Waals surface area contributed by atoms with Gasteiger partial charge in [0.05, 0.1) is 41.4 Å². The van der Waals surface area contributed by atoms with E-state index in [1.807, 2.05) is 6.07 Å². The molecule has 0 saturated carbocycles. The molecule has 12 heteroatoms. The van der Waals surface area contributed by atoms with Crippen LogP contribution < -0.4 is 9.47 Å². The Hall–Kier alpha value is -4.60. The summed E-state index contributed by atoms with van der Waals surface area (Å²) in [5, 5.41) is 18.7. The summed E-state index contributed by atoms with van der Waals surface area (Å²) >= 11 is 0. The van der Waals surface area contributed by atoms with Crippen molar-refractivity contribution in [1.29, 1.82) is 5.26 Å². The number of carboxylic acid groups (broad SMARTS) is 1. The first-order chi connectivity index (χ1) is 20.9. The number of piperidine rings is 1. The van der Waals surface area contributed by atoms with E-state index in [4.69, 9.17) is 19.2 Å². The molecule has 3 atom stereocenters. The highest BCUT2D eigenvalue weighted by Crippen LogP contribution is 2.27. The van der Waals surface area contributed by atoms with Crippen LogP contribution in [-0.2, 0) is 24.4 Å². The van der Waals surface area contributed by atoms with Crippen LogP contribution in [0.5, 0.6) is 11.6 Å². The molecule has 0 amide bonds. The number of imidazole rings is 1. The molecule has 4 aromatic rings. The maximum atomic E-state index is 13.4.